The molecule has 0 radical (unpaired) electrons. The van der Waals surface area contributed by atoms with Crippen LogP contribution in [0.25, 0.3) is 0 Å². The average Bonchev–Trinajstić information content (AvgIpc) is 2.71. The SMILES string of the molecule is CCCCCCS(=O)(=O)Oc1cccc2c1C(=O)NC2=O. The maximum absolute atomic E-state index is 11.9. The minimum absolute atomic E-state index is 0.0142. The molecule has 0 saturated heterocycles. The smallest absolute Gasteiger partial charge is 0.309 e. The number of nitrogens with one attached hydrogen (secondary N) is 1. The Morgan fingerprint density at radius 3 is 2.57 bits per heavy atom. The van der Waals surface area contributed by atoms with E-state index < -0.39 is 21.9 Å². The van der Waals surface area contributed by atoms with E-state index in [1.54, 1.807) is 0 Å². The third-order valence-electron chi connectivity index (χ3n) is 3.19. The maximum Gasteiger partial charge on any atom is 0.309 e. The van der Waals surface area contributed by atoms with Crippen molar-refractivity contribution in [2.24, 2.45) is 0 Å². The van der Waals surface area contributed by atoms with E-state index >= 15 is 0 Å². The van der Waals surface area contributed by atoms with Crippen LogP contribution in [0.5, 0.6) is 5.75 Å². The molecular weight excluding hydrogens is 294 g/mol. The lowest BCUT2D eigenvalue weighted by atomic mass is 10.1. The van der Waals surface area contributed by atoms with Gasteiger partial charge in [-0.25, -0.2) is 0 Å². The summed E-state index contributed by atoms with van der Waals surface area (Å²) >= 11 is 0. The van der Waals surface area contributed by atoms with E-state index in [1.807, 2.05) is 6.92 Å². The summed E-state index contributed by atoms with van der Waals surface area (Å²) in [5, 5.41) is 2.12. The van der Waals surface area contributed by atoms with E-state index in [-0.39, 0.29) is 22.6 Å². The second kappa shape index (κ2) is 6.26. The van der Waals surface area contributed by atoms with Gasteiger partial charge in [-0.1, -0.05) is 32.3 Å². The lowest BCUT2D eigenvalue weighted by Gasteiger charge is -2.09. The molecule has 1 aromatic rings. The molecule has 1 aliphatic heterocycles. The van der Waals surface area contributed by atoms with Gasteiger partial charge in [0.25, 0.3) is 11.8 Å². The Labute approximate surface area is 123 Å². The molecule has 0 aromatic heterocycles. The van der Waals surface area contributed by atoms with Crippen molar-refractivity contribution in [1.82, 2.24) is 5.32 Å². The van der Waals surface area contributed by atoms with Gasteiger partial charge in [0.2, 0.25) is 0 Å². The van der Waals surface area contributed by atoms with Crippen LogP contribution >= 0.6 is 0 Å². The summed E-state index contributed by atoms with van der Waals surface area (Å²) in [7, 11) is -3.77. The van der Waals surface area contributed by atoms with Crippen LogP contribution < -0.4 is 9.50 Å². The van der Waals surface area contributed by atoms with Gasteiger partial charge in [-0.3, -0.25) is 14.9 Å². The molecule has 1 heterocycles. The van der Waals surface area contributed by atoms with Gasteiger partial charge in [0, 0.05) is 0 Å². The summed E-state index contributed by atoms with van der Waals surface area (Å²) in [4.78, 5) is 23.2. The first-order valence-corrected chi connectivity index (χ1v) is 8.43. The summed E-state index contributed by atoms with van der Waals surface area (Å²) in [5.74, 6) is -1.37. The normalized spacial score (nSPS) is 14.0. The minimum atomic E-state index is -3.77. The minimum Gasteiger partial charge on any atom is -0.382 e. The number of amides is 2. The second-order valence-electron chi connectivity index (χ2n) is 4.87. The van der Waals surface area contributed by atoms with Crippen LogP contribution in [0, 0.1) is 0 Å². The summed E-state index contributed by atoms with van der Waals surface area (Å²) in [6.45, 7) is 2.04. The third kappa shape index (κ3) is 3.60. The van der Waals surface area contributed by atoms with E-state index in [0.717, 1.165) is 19.3 Å². The Kier molecular flexibility index (Phi) is 4.62. The first kappa shape index (κ1) is 15.5. The first-order valence-electron chi connectivity index (χ1n) is 6.85. The highest BCUT2D eigenvalue weighted by Crippen LogP contribution is 2.27. The van der Waals surface area contributed by atoms with Crippen LogP contribution in [0.1, 0.15) is 53.3 Å². The molecule has 114 valence electrons. The highest BCUT2D eigenvalue weighted by Gasteiger charge is 2.31. The fourth-order valence-electron chi connectivity index (χ4n) is 2.14. The van der Waals surface area contributed by atoms with E-state index in [2.05, 4.69) is 5.32 Å². The fourth-order valence-corrected chi connectivity index (χ4v) is 3.19. The monoisotopic (exact) mass is 311 g/mol. The summed E-state index contributed by atoms with van der Waals surface area (Å²) in [6, 6.07) is 4.32. The lowest BCUT2D eigenvalue weighted by molar-refractivity contribution is 0.0879. The van der Waals surface area contributed by atoms with E-state index in [9.17, 15) is 18.0 Å². The van der Waals surface area contributed by atoms with Gasteiger partial charge < -0.3 is 4.18 Å². The summed E-state index contributed by atoms with van der Waals surface area (Å²) < 4.78 is 28.8. The van der Waals surface area contributed by atoms with Gasteiger partial charge in [-0.05, 0) is 18.6 Å². The molecule has 0 aliphatic carbocycles. The standard InChI is InChI=1S/C14H17NO5S/c1-2-3-4-5-9-21(18,19)20-11-8-6-7-10-12(11)14(17)15-13(10)16/h6-8H,2-5,9H2,1H3,(H,15,16,17). The molecule has 0 bridgehead atoms. The number of imide groups is 1. The molecule has 1 aromatic carbocycles. The van der Waals surface area contributed by atoms with Crippen LogP contribution in [0.3, 0.4) is 0 Å². The Morgan fingerprint density at radius 1 is 1.10 bits per heavy atom. The van der Waals surface area contributed by atoms with Crippen LogP contribution in [0.2, 0.25) is 0 Å². The molecule has 0 saturated carbocycles. The zero-order chi connectivity index (χ0) is 15.5. The van der Waals surface area contributed by atoms with Gasteiger partial charge in [0.15, 0.2) is 5.75 Å². The second-order valence-corrected chi connectivity index (χ2v) is 6.56. The quantitative estimate of drug-likeness (QED) is 0.471. The Bertz CT molecular complexity index is 666. The Balaban J connectivity index is 2.14. The molecule has 6 nitrogen and oxygen atoms in total. The fraction of sp³-hybridized carbons (Fsp3) is 0.429. The van der Waals surface area contributed by atoms with Crippen LogP contribution in [-0.4, -0.2) is 26.0 Å². The van der Waals surface area contributed by atoms with Crippen molar-refractivity contribution in [3.63, 3.8) is 0 Å². The van der Waals surface area contributed by atoms with Crippen molar-refractivity contribution >= 4 is 21.9 Å². The molecule has 7 heteroatoms. The van der Waals surface area contributed by atoms with Crippen LogP contribution in [0.15, 0.2) is 18.2 Å². The van der Waals surface area contributed by atoms with Gasteiger partial charge in [0.05, 0.1) is 16.9 Å². The van der Waals surface area contributed by atoms with Gasteiger partial charge >= 0.3 is 10.1 Å². The Morgan fingerprint density at radius 2 is 1.86 bits per heavy atom. The molecule has 0 spiro atoms. The van der Waals surface area contributed by atoms with Gasteiger partial charge in [-0.15, -0.1) is 0 Å². The highest BCUT2D eigenvalue weighted by atomic mass is 32.2. The number of carbonyl (C=O) groups is 2. The lowest BCUT2D eigenvalue weighted by Crippen LogP contribution is -2.20. The van der Waals surface area contributed by atoms with Crippen molar-refractivity contribution in [3.05, 3.63) is 29.3 Å². The van der Waals surface area contributed by atoms with Crippen molar-refractivity contribution in [2.75, 3.05) is 5.75 Å². The number of rotatable bonds is 7. The Hall–Kier alpha value is -1.89. The topological polar surface area (TPSA) is 89.5 Å². The number of benzene rings is 1. The molecule has 0 unspecified atom stereocenters. The first-order chi connectivity index (χ1) is 9.94. The number of hydrogen-bond acceptors (Lipinski definition) is 5. The molecule has 21 heavy (non-hydrogen) atoms. The number of unbranched alkanes of at least 4 members (excludes halogenated alkanes) is 3. The summed E-state index contributed by atoms with van der Waals surface area (Å²) in [5.41, 5.74) is 0.123. The third-order valence-corrected chi connectivity index (χ3v) is 4.41. The van der Waals surface area contributed by atoms with Gasteiger partial charge in [-0.2, -0.15) is 8.42 Å². The molecule has 0 fully saturated rings. The number of fused-ring (bicyclic) bond motifs is 1. The number of hydrogen-bond donors (Lipinski definition) is 1. The van der Waals surface area contributed by atoms with Crippen LogP contribution in [-0.2, 0) is 10.1 Å². The maximum atomic E-state index is 11.9. The molecule has 2 amide bonds. The average molecular weight is 311 g/mol. The number of carbonyl (C=O) groups excluding carboxylic acids is 2. The van der Waals surface area contributed by atoms with Crippen molar-refractivity contribution < 1.29 is 22.2 Å². The van der Waals surface area contributed by atoms with Crippen molar-refractivity contribution in [2.45, 2.75) is 32.6 Å². The summed E-state index contributed by atoms with van der Waals surface area (Å²) in [6.07, 6.45) is 3.30. The van der Waals surface area contributed by atoms with E-state index in [4.69, 9.17) is 4.18 Å². The van der Waals surface area contributed by atoms with Gasteiger partial charge in [0.1, 0.15) is 0 Å². The van der Waals surface area contributed by atoms with Crippen LogP contribution in [0.4, 0.5) is 0 Å². The zero-order valence-electron chi connectivity index (χ0n) is 11.7. The zero-order valence-corrected chi connectivity index (χ0v) is 12.5. The van der Waals surface area contributed by atoms with E-state index in [0.29, 0.717) is 6.42 Å². The predicted molar refractivity (Wildman–Crippen MR) is 76.8 cm³/mol. The molecular formula is C14H17NO5S. The molecule has 2 rings (SSSR count). The molecule has 1 aliphatic rings. The molecule has 0 atom stereocenters. The van der Waals surface area contributed by atoms with E-state index in [1.165, 1.54) is 18.2 Å². The van der Waals surface area contributed by atoms with Crippen molar-refractivity contribution in [1.29, 1.82) is 0 Å². The largest absolute Gasteiger partial charge is 0.382 e. The molecule has 1 N–H and O–H groups in total. The highest BCUT2D eigenvalue weighted by molar-refractivity contribution is 7.87. The predicted octanol–water partition coefficient (Wildman–Crippen LogP) is 1.86. The van der Waals surface area contributed by atoms with Crippen molar-refractivity contribution in [3.8, 4) is 5.75 Å².